The molecule has 0 radical (unpaired) electrons. The monoisotopic (exact) mass is 843 g/mol. The van der Waals surface area contributed by atoms with E-state index in [2.05, 4.69) is 25.9 Å². The van der Waals surface area contributed by atoms with E-state index < -0.39 is 17.0 Å². The van der Waals surface area contributed by atoms with Crippen molar-refractivity contribution in [3.05, 3.63) is 135 Å². The summed E-state index contributed by atoms with van der Waals surface area (Å²) in [6.07, 6.45) is 4.21. The van der Waals surface area contributed by atoms with Gasteiger partial charge in [-0.25, -0.2) is 15.0 Å². The van der Waals surface area contributed by atoms with E-state index in [1.165, 1.54) is 16.0 Å². The highest BCUT2D eigenvalue weighted by Crippen LogP contribution is 2.54. The zero-order chi connectivity index (χ0) is 40.5. The number of carbonyl (C=O) groups is 2. The Morgan fingerprint density at radius 1 is 0.759 bits per heavy atom. The second-order valence-corrected chi connectivity index (χ2v) is 15.0. The van der Waals surface area contributed by atoms with Gasteiger partial charge in [0.1, 0.15) is 28.7 Å². The maximum atomic E-state index is 14.5. The van der Waals surface area contributed by atoms with Gasteiger partial charge in [0.05, 0.1) is 20.3 Å². The second-order valence-electron chi connectivity index (χ2n) is 14.1. The molecular formula is C43H35BrFN7O6. The zero-order valence-corrected chi connectivity index (χ0v) is 33.0. The average Bonchev–Trinajstić information content (AvgIpc) is 3.61. The summed E-state index contributed by atoms with van der Waals surface area (Å²) in [7, 11) is 4.78. The number of ether oxygens (including phenoxy) is 4. The average molecular weight is 845 g/mol. The SMILES string of the molecule is CN1C(=O)C2(N=C1N)c1cc(C3=CCOCC3)ccc1Oc1ccc(-c3cccnc3F)cc12.COc1ccc2c(c1)C1(N=C(N)N(C)C1=O)c1cc(Br)ccc1O2. The number of hydrogen-bond acceptors (Lipinski definition) is 11. The van der Waals surface area contributed by atoms with Gasteiger partial charge in [0.2, 0.25) is 17.0 Å². The number of aromatic nitrogens is 1. The van der Waals surface area contributed by atoms with Crippen molar-refractivity contribution < 1.29 is 32.9 Å². The van der Waals surface area contributed by atoms with Crippen molar-refractivity contribution in [2.75, 3.05) is 34.4 Å². The summed E-state index contributed by atoms with van der Waals surface area (Å²) in [4.78, 5) is 42.6. The van der Waals surface area contributed by atoms with Gasteiger partial charge in [-0.3, -0.25) is 19.4 Å². The first-order valence-electron chi connectivity index (χ1n) is 18.2. The van der Waals surface area contributed by atoms with Crippen molar-refractivity contribution in [3.63, 3.8) is 0 Å². The van der Waals surface area contributed by atoms with E-state index in [9.17, 15) is 14.0 Å². The first-order chi connectivity index (χ1) is 28.0. The third kappa shape index (κ3) is 5.56. The molecule has 5 aliphatic heterocycles. The number of methoxy groups -OCH3 is 1. The minimum Gasteiger partial charge on any atom is -0.497 e. The third-order valence-electron chi connectivity index (χ3n) is 11.0. The van der Waals surface area contributed by atoms with Gasteiger partial charge >= 0.3 is 0 Å². The predicted octanol–water partition coefficient (Wildman–Crippen LogP) is 6.42. The molecule has 6 heterocycles. The molecule has 2 atom stereocenters. The van der Waals surface area contributed by atoms with Gasteiger partial charge in [0.25, 0.3) is 11.8 Å². The quantitative estimate of drug-likeness (QED) is 0.195. The van der Waals surface area contributed by atoms with E-state index in [-0.39, 0.29) is 23.7 Å². The van der Waals surface area contributed by atoms with Gasteiger partial charge < -0.3 is 30.4 Å². The summed E-state index contributed by atoms with van der Waals surface area (Å²) in [5, 5.41) is 0. The Morgan fingerprint density at radius 2 is 1.31 bits per heavy atom. The van der Waals surface area contributed by atoms with Crippen LogP contribution in [0.25, 0.3) is 16.7 Å². The van der Waals surface area contributed by atoms with Crippen molar-refractivity contribution in [1.29, 1.82) is 0 Å². The summed E-state index contributed by atoms with van der Waals surface area (Å²) in [5.74, 6) is 1.92. The largest absolute Gasteiger partial charge is 0.497 e. The molecule has 5 aromatic rings. The molecule has 15 heteroatoms. The Hall–Kier alpha value is -6.58. The van der Waals surface area contributed by atoms with Crippen LogP contribution in [0.15, 0.2) is 112 Å². The summed E-state index contributed by atoms with van der Waals surface area (Å²) in [6, 6.07) is 25.1. The standard InChI is InChI=1S/C26H21FN4O3.C17H14BrN3O3/c1-31-24(32)26(30-25(31)28)19-13-16(15-8-11-33-12-9-15)4-6-21(19)34-22-7-5-17(14-20(22)26)18-3-2-10-29-23(18)27;1-21-15(22)17(20-16(21)19)11-7-9(18)3-5-13(11)24-14-6-4-10(23-2)8-12(14)17/h2-8,10,13-14H,9,11-12H2,1H3,(H2,28,30);3-8H,1-2H3,(H2,19,20). The number of hydrogen-bond donors (Lipinski definition) is 2. The summed E-state index contributed by atoms with van der Waals surface area (Å²) in [6.45, 7) is 1.18. The molecule has 0 aliphatic carbocycles. The lowest BCUT2D eigenvalue weighted by Crippen LogP contribution is -2.42. The first kappa shape index (κ1) is 37.0. The predicted molar refractivity (Wildman–Crippen MR) is 217 cm³/mol. The zero-order valence-electron chi connectivity index (χ0n) is 31.5. The van der Waals surface area contributed by atoms with Gasteiger partial charge in [-0.15, -0.1) is 0 Å². The molecule has 0 fully saturated rings. The van der Waals surface area contributed by atoms with E-state index in [4.69, 9.17) is 35.4 Å². The van der Waals surface area contributed by atoms with Crippen molar-refractivity contribution >= 4 is 45.2 Å². The van der Waals surface area contributed by atoms with Crippen LogP contribution in [-0.2, 0) is 25.4 Å². The molecule has 0 saturated carbocycles. The lowest BCUT2D eigenvalue weighted by atomic mass is 9.78. The Balaban J connectivity index is 0.000000160. The highest BCUT2D eigenvalue weighted by atomic mass is 79.9. The van der Waals surface area contributed by atoms with Crippen molar-refractivity contribution in [3.8, 4) is 39.9 Å². The topological polar surface area (TPSA) is 167 Å². The summed E-state index contributed by atoms with van der Waals surface area (Å²) in [5.41, 5.74) is 14.8. The Labute approximate surface area is 340 Å². The van der Waals surface area contributed by atoms with Gasteiger partial charge in [-0.1, -0.05) is 34.1 Å². The minimum absolute atomic E-state index is 0.109. The van der Waals surface area contributed by atoms with Crippen LogP contribution in [0.4, 0.5) is 4.39 Å². The Morgan fingerprint density at radius 3 is 1.86 bits per heavy atom. The number of halogens is 2. The number of carbonyl (C=O) groups excluding carboxylic acids is 2. The van der Waals surface area contributed by atoms with Crippen molar-refractivity contribution in [1.82, 2.24) is 14.8 Å². The highest BCUT2D eigenvalue weighted by Gasteiger charge is 2.56. The number of guanidine groups is 2. The number of fused-ring (bicyclic) bond motifs is 8. The van der Waals surface area contributed by atoms with Gasteiger partial charge in [0, 0.05) is 52.6 Å². The smallest absolute Gasteiger partial charge is 0.266 e. The molecule has 13 nitrogen and oxygen atoms in total. The van der Waals surface area contributed by atoms with Crippen LogP contribution in [0.5, 0.6) is 28.7 Å². The molecule has 2 amide bonds. The number of aliphatic imine (C=N–C) groups is 2. The van der Waals surface area contributed by atoms with Crippen LogP contribution >= 0.6 is 15.9 Å². The Kier molecular flexibility index (Phi) is 8.82. The molecule has 0 saturated heterocycles. The van der Waals surface area contributed by atoms with E-state index in [0.29, 0.717) is 75.3 Å². The van der Waals surface area contributed by atoms with Crippen molar-refractivity contribution in [2.24, 2.45) is 21.5 Å². The molecule has 10 rings (SSSR count). The molecule has 58 heavy (non-hydrogen) atoms. The molecule has 2 spiro atoms. The van der Waals surface area contributed by atoms with E-state index in [1.807, 2.05) is 42.5 Å². The number of rotatable bonds is 3. The molecule has 292 valence electrons. The third-order valence-corrected chi connectivity index (χ3v) is 11.5. The number of likely N-dealkylation sites (N-methyl/N-ethyl adjacent to an activating group) is 2. The fourth-order valence-electron chi connectivity index (χ4n) is 7.95. The van der Waals surface area contributed by atoms with Crippen LogP contribution < -0.4 is 25.7 Å². The number of benzene rings is 4. The molecule has 0 bridgehead atoms. The van der Waals surface area contributed by atoms with Gasteiger partial charge in [-0.2, -0.15) is 4.39 Å². The van der Waals surface area contributed by atoms with E-state index in [1.54, 1.807) is 69.7 Å². The minimum atomic E-state index is -1.43. The van der Waals surface area contributed by atoms with Crippen LogP contribution in [-0.4, -0.2) is 72.9 Å². The van der Waals surface area contributed by atoms with Crippen LogP contribution in [0, 0.1) is 5.95 Å². The number of pyridine rings is 1. The fraction of sp³-hybridized carbons (Fsp3) is 0.186. The summed E-state index contributed by atoms with van der Waals surface area (Å²) >= 11 is 3.45. The lowest BCUT2D eigenvalue weighted by Gasteiger charge is -2.34. The number of nitrogens with two attached hydrogens (primary N) is 2. The molecule has 4 aromatic carbocycles. The van der Waals surface area contributed by atoms with Gasteiger partial charge in [0.15, 0.2) is 11.9 Å². The lowest BCUT2D eigenvalue weighted by molar-refractivity contribution is -0.130. The molecule has 2 unspecified atom stereocenters. The molecule has 1 aromatic heterocycles. The maximum Gasteiger partial charge on any atom is 0.266 e. The molecule has 5 aliphatic rings. The number of amides is 2. The fourth-order valence-corrected chi connectivity index (χ4v) is 8.32. The van der Waals surface area contributed by atoms with Gasteiger partial charge in [-0.05, 0) is 95.9 Å². The van der Waals surface area contributed by atoms with Crippen LogP contribution in [0.1, 0.15) is 34.2 Å². The molecule has 4 N–H and O–H groups in total. The van der Waals surface area contributed by atoms with E-state index in [0.717, 1.165) is 22.0 Å². The second kappa shape index (κ2) is 13.8. The Bertz CT molecular complexity index is 2690. The maximum absolute atomic E-state index is 14.5. The summed E-state index contributed by atoms with van der Waals surface area (Å²) < 4.78 is 38.3. The first-order valence-corrected chi connectivity index (χ1v) is 19.0. The molecular weight excluding hydrogens is 809 g/mol. The van der Waals surface area contributed by atoms with Crippen LogP contribution in [0.2, 0.25) is 0 Å². The normalized spacial score (nSPS) is 21.1. The van der Waals surface area contributed by atoms with Crippen LogP contribution in [0.3, 0.4) is 0 Å². The van der Waals surface area contributed by atoms with E-state index >= 15 is 0 Å². The number of nitrogens with zero attached hydrogens (tertiary/aromatic N) is 5. The van der Waals surface area contributed by atoms with Crippen molar-refractivity contribution in [2.45, 2.75) is 17.5 Å². The highest BCUT2D eigenvalue weighted by molar-refractivity contribution is 9.10.